The second-order valence-electron chi connectivity index (χ2n) is 9.06. The molecular weight excluding hydrogens is 450 g/mol. The van der Waals surface area contributed by atoms with Crippen LogP contribution in [0.4, 0.5) is 0 Å². The summed E-state index contributed by atoms with van der Waals surface area (Å²) in [6.45, 7) is 10.1. The Balaban J connectivity index is 2.09. The van der Waals surface area contributed by atoms with E-state index >= 15 is 0 Å². The maximum atomic E-state index is 13.8. The van der Waals surface area contributed by atoms with Crippen molar-refractivity contribution in [3.8, 4) is 5.75 Å². The average molecular weight is 486 g/mol. The van der Waals surface area contributed by atoms with E-state index in [-0.39, 0.29) is 31.0 Å². The van der Waals surface area contributed by atoms with Gasteiger partial charge in [0, 0.05) is 22.5 Å². The van der Waals surface area contributed by atoms with Gasteiger partial charge < -0.3 is 24.3 Å². The van der Waals surface area contributed by atoms with Crippen LogP contribution in [0.5, 0.6) is 5.75 Å². The molecule has 3 unspecified atom stereocenters. The minimum absolute atomic E-state index is 0.0154. The minimum Gasteiger partial charge on any atom is -0.494 e. The summed E-state index contributed by atoms with van der Waals surface area (Å²) in [6, 6.07) is 7.32. The molecule has 3 atom stereocenters. The number of dihydropyridines is 1. The maximum Gasteiger partial charge on any atom is 0.336 e. The van der Waals surface area contributed by atoms with E-state index in [9.17, 15) is 14.4 Å². The van der Waals surface area contributed by atoms with Crippen LogP contribution >= 0.6 is 0 Å². The van der Waals surface area contributed by atoms with Gasteiger partial charge in [-0.15, -0.1) is 0 Å². The zero-order chi connectivity index (χ0) is 25.7. The Kier molecular flexibility index (Phi) is 8.72. The monoisotopic (exact) mass is 485 g/mol. The Bertz CT molecular complexity index is 1040. The number of nitrogens with one attached hydrogen (secondary N) is 1. The standard InChI is InChI=1S/C27H35NO7/c1-7-33-20-11-9-8-10-18(20)23-22(27(31)35-13-12-34-15(2)3)17(5)28-19-14-16(4)21(26(30)32-6)25(29)24(19)23/h8-11,15-16,21,23,28H,7,12-14H2,1-6H3. The first kappa shape index (κ1) is 26.5. The molecule has 0 bridgehead atoms. The van der Waals surface area contributed by atoms with Gasteiger partial charge in [0.25, 0.3) is 0 Å². The first-order chi connectivity index (χ1) is 16.7. The molecule has 3 rings (SSSR count). The summed E-state index contributed by atoms with van der Waals surface area (Å²) < 4.78 is 21.9. The molecule has 190 valence electrons. The molecule has 1 aliphatic heterocycles. The molecule has 8 heteroatoms. The highest BCUT2D eigenvalue weighted by Gasteiger charge is 2.47. The summed E-state index contributed by atoms with van der Waals surface area (Å²) >= 11 is 0. The van der Waals surface area contributed by atoms with Crippen molar-refractivity contribution in [2.75, 3.05) is 26.9 Å². The molecule has 0 amide bonds. The second kappa shape index (κ2) is 11.5. The van der Waals surface area contributed by atoms with Gasteiger partial charge in [-0.25, -0.2) is 4.79 Å². The van der Waals surface area contributed by atoms with Crippen molar-refractivity contribution in [2.45, 2.75) is 53.1 Å². The Morgan fingerprint density at radius 3 is 2.54 bits per heavy atom. The molecule has 1 heterocycles. The summed E-state index contributed by atoms with van der Waals surface area (Å²) in [5, 5.41) is 3.26. The number of carbonyl (C=O) groups excluding carboxylic acids is 3. The highest BCUT2D eigenvalue weighted by Crippen LogP contribution is 2.47. The van der Waals surface area contributed by atoms with Gasteiger partial charge in [0.1, 0.15) is 18.3 Å². The molecule has 0 aromatic heterocycles. The van der Waals surface area contributed by atoms with Crippen molar-refractivity contribution in [2.24, 2.45) is 11.8 Å². The number of carbonyl (C=O) groups is 3. The van der Waals surface area contributed by atoms with Crippen LogP contribution in [0.25, 0.3) is 0 Å². The Morgan fingerprint density at radius 2 is 1.89 bits per heavy atom. The van der Waals surface area contributed by atoms with Crippen molar-refractivity contribution >= 4 is 17.7 Å². The fraction of sp³-hybridized carbons (Fsp3) is 0.519. The van der Waals surface area contributed by atoms with Crippen LogP contribution in [0.1, 0.15) is 52.5 Å². The third kappa shape index (κ3) is 5.59. The number of Topliss-reactive ketones (excluding diaryl/α,β-unsaturated/α-hetero) is 1. The zero-order valence-electron chi connectivity index (χ0n) is 21.3. The molecule has 1 aromatic carbocycles. The van der Waals surface area contributed by atoms with E-state index in [1.807, 2.05) is 52.0 Å². The van der Waals surface area contributed by atoms with E-state index in [2.05, 4.69) is 5.32 Å². The smallest absolute Gasteiger partial charge is 0.336 e. The van der Waals surface area contributed by atoms with Crippen LogP contribution in [0.2, 0.25) is 0 Å². The highest BCUT2D eigenvalue weighted by atomic mass is 16.6. The van der Waals surface area contributed by atoms with E-state index < -0.39 is 23.8 Å². The molecule has 0 radical (unpaired) electrons. The third-order valence-electron chi connectivity index (χ3n) is 6.26. The molecule has 2 aliphatic rings. The minimum atomic E-state index is -0.947. The topological polar surface area (TPSA) is 100 Å². The summed E-state index contributed by atoms with van der Waals surface area (Å²) in [4.78, 5) is 39.7. The fourth-order valence-electron chi connectivity index (χ4n) is 4.76. The van der Waals surface area contributed by atoms with Crippen LogP contribution < -0.4 is 10.1 Å². The fourth-order valence-corrected chi connectivity index (χ4v) is 4.76. The molecular formula is C27H35NO7. The Labute approximate surface area is 206 Å². The SMILES string of the molecule is CCOc1ccccc1C1C(C(=O)OCCOC(C)C)=C(C)NC2=C1C(=O)C(C(=O)OC)C(C)C2. The highest BCUT2D eigenvalue weighted by molar-refractivity contribution is 6.12. The van der Waals surface area contributed by atoms with Crippen molar-refractivity contribution < 1.29 is 33.3 Å². The lowest BCUT2D eigenvalue weighted by Crippen LogP contribution is -2.43. The molecule has 1 N–H and O–H groups in total. The number of para-hydroxylation sites is 1. The van der Waals surface area contributed by atoms with Gasteiger partial charge in [-0.2, -0.15) is 0 Å². The third-order valence-corrected chi connectivity index (χ3v) is 6.26. The van der Waals surface area contributed by atoms with Gasteiger partial charge in [0.05, 0.1) is 37.9 Å². The number of hydrogen-bond acceptors (Lipinski definition) is 8. The Morgan fingerprint density at radius 1 is 1.17 bits per heavy atom. The number of benzene rings is 1. The van der Waals surface area contributed by atoms with Gasteiger partial charge in [0.2, 0.25) is 0 Å². The van der Waals surface area contributed by atoms with Gasteiger partial charge in [-0.05, 0) is 46.1 Å². The van der Waals surface area contributed by atoms with Crippen LogP contribution in [0, 0.1) is 11.8 Å². The lowest BCUT2D eigenvalue weighted by Gasteiger charge is -2.38. The maximum absolute atomic E-state index is 13.8. The van der Waals surface area contributed by atoms with Crippen molar-refractivity contribution in [1.29, 1.82) is 0 Å². The summed E-state index contributed by atoms with van der Waals surface area (Å²) in [6.07, 6.45) is 0.484. The lowest BCUT2D eigenvalue weighted by atomic mass is 9.69. The molecule has 0 saturated carbocycles. The van der Waals surface area contributed by atoms with Crippen molar-refractivity contribution in [3.05, 3.63) is 52.4 Å². The Hall–Kier alpha value is -3.13. The van der Waals surface area contributed by atoms with Gasteiger partial charge in [-0.3, -0.25) is 9.59 Å². The van der Waals surface area contributed by atoms with E-state index in [0.29, 0.717) is 46.9 Å². The van der Waals surface area contributed by atoms with Crippen molar-refractivity contribution in [3.63, 3.8) is 0 Å². The van der Waals surface area contributed by atoms with Gasteiger partial charge in [0.15, 0.2) is 5.78 Å². The summed E-state index contributed by atoms with van der Waals surface area (Å²) in [5.41, 5.74) is 2.66. The van der Waals surface area contributed by atoms with E-state index in [1.165, 1.54) is 7.11 Å². The van der Waals surface area contributed by atoms with Crippen LogP contribution in [0.3, 0.4) is 0 Å². The molecule has 0 saturated heterocycles. The molecule has 1 aliphatic carbocycles. The predicted octanol–water partition coefficient (Wildman–Crippen LogP) is 3.67. The van der Waals surface area contributed by atoms with E-state index in [0.717, 1.165) is 0 Å². The predicted molar refractivity (Wildman–Crippen MR) is 130 cm³/mol. The van der Waals surface area contributed by atoms with Gasteiger partial charge in [-0.1, -0.05) is 25.1 Å². The quantitative estimate of drug-likeness (QED) is 0.321. The number of esters is 2. The van der Waals surface area contributed by atoms with Crippen LogP contribution in [0.15, 0.2) is 46.8 Å². The molecule has 8 nitrogen and oxygen atoms in total. The van der Waals surface area contributed by atoms with E-state index in [1.54, 1.807) is 6.92 Å². The summed E-state index contributed by atoms with van der Waals surface area (Å²) in [5.74, 6) is -2.86. The number of allylic oxidation sites excluding steroid dienone is 3. The molecule has 1 aromatic rings. The normalized spacial score (nSPS) is 22.0. The lowest BCUT2D eigenvalue weighted by molar-refractivity contribution is -0.151. The second-order valence-corrected chi connectivity index (χ2v) is 9.06. The van der Waals surface area contributed by atoms with Gasteiger partial charge >= 0.3 is 11.9 Å². The largest absolute Gasteiger partial charge is 0.494 e. The van der Waals surface area contributed by atoms with E-state index in [4.69, 9.17) is 18.9 Å². The number of ether oxygens (including phenoxy) is 4. The number of hydrogen-bond donors (Lipinski definition) is 1. The molecule has 0 fully saturated rings. The number of rotatable bonds is 9. The molecule has 35 heavy (non-hydrogen) atoms. The molecule has 0 spiro atoms. The number of ketones is 1. The summed E-state index contributed by atoms with van der Waals surface area (Å²) in [7, 11) is 1.28. The zero-order valence-corrected chi connectivity index (χ0v) is 21.3. The first-order valence-electron chi connectivity index (χ1n) is 12.0. The van der Waals surface area contributed by atoms with Crippen LogP contribution in [-0.2, 0) is 28.6 Å². The number of methoxy groups -OCH3 is 1. The van der Waals surface area contributed by atoms with Crippen LogP contribution in [-0.4, -0.2) is 50.8 Å². The average Bonchev–Trinajstić information content (AvgIpc) is 2.81. The van der Waals surface area contributed by atoms with Crippen molar-refractivity contribution in [1.82, 2.24) is 5.32 Å². The first-order valence-corrected chi connectivity index (χ1v) is 12.0.